The van der Waals surface area contributed by atoms with E-state index >= 15 is 0 Å². The minimum atomic E-state index is -0.749. The molecule has 2 N–H and O–H groups in total. The molecule has 0 aliphatic heterocycles. The molecule has 2 rings (SSSR count). The van der Waals surface area contributed by atoms with E-state index in [2.05, 4.69) is 26.5 Å². The molecule has 0 amide bonds. The van der Waals surface area contributed by atoms with Crippen molar-refractivity contribution in [3.8, 4) is 5.75 Å². The van der Waals surface area contributed by atoms with Crippen LogP contribution in [0.4, 0.5) is 17.1 Å². The number of rotatable bonds is 5. The van der Waals surface area contributed by atoms with Gasteiger partial charge in [0.05, 0.1) is 22.1 Å². The lowest BCUT2D eigenvalue weighted by molar-refractivity contribution is -0.393. The minimum Gasteiger partial charge on any atom is -0.507 e. The molecule has 0 radical (unpaired) electrons. The average Bonchev–Trinajstić information content (AvgIpc) is 2.50. The lowest BCUT2D eigenvalue weighted by Gasteiger charge is -2.03. The van der Waals surface area contributed by atoms with Gasteiger partial charge in [0.1, 0.15) is 11.4 Å². The molecule has 0 saturated heterocycles. The van der Waals surface area contributed by atoms with E-state index in [1.54, 1.807) is 12.1 Å². The monoisotopic (exact) mass is 380 g/mol. The summed E-state index contributed by atoms with van der Waals surface area (Å²) in [6.07, 6.45) is 1.27. The molecule has 0 aliphatic rings. The molecule has 0 heterocycles. The molecule has 0 aromatic heterocycles. The third kappa shape index (κ3) is 4.01. The highest BCUT2D eigenvalue weighted by atomic mass is 79.9. The van der Waals surface area contributed by atoms with Gasteiger partial charge < -0.3 is 5.11 Å². The van der Waals surface area contributed by atoms with E-state index in [-0.39, 0.29) is 11.4 Å². The number of anilines is 1. The zero-order valence-corrected chi connectivity index (χ0v) is 12.9. The summed E-state index contributed by atoms with van der Waals surface area (Å²) in [7, 11) is 0. The Morgan fingerprint density at radius 3 is 2.52 bits per heavy atom. The van der Waals surface area contributed by atoms with E-state index in [4.69, 9.17) is 0 Å². The number of aromatic hydroxyl groups is 1. The normalized spacial score (nSPS) is 10.7. The average molecular weight is 381 g/mol. The summed E-state index contributed by atoms with van der Waals surface area (Å²) in [6, 6.07) is 7.86. The number of hydrogen-bond acceptors (Lipinski definition) is 7. The van der Waals surface area contributed by atoms with E-state index in [0.717, 1.165) is 16.6 Å². The van der Waals surface area contributed by atoms with E-state index in [1.807, 2.05) is 0 Å². The van der Waals surface area contributed by atoms with Gasteiger partial charge in [0, 0.05) is 16.1 Å². The van der Waals surface area contributed by atoms with Crippen LogP contribution < -0.4 is 5.43 Å². The molecule has 0 unspecified atom stereocenters. The maximum atomic E-state index is 11.0. The summed E-state index contributed by atoms with van der Waals surface area (Å²) >= 11 is 3.24. The molecule has 2 aromatic rings. The Balaban J connectivity index is 2.26. The van der Waals surface area contributed by atoms with Crippen molar-refractivity contribution in [2.24, 2.45) is 5.10 Å². The highest BCUT2D eigenvalue weighted by molar-refractivity contribution is 9.10. The first-order chi connectivity index (χ1) is 10.9. The van der Waals surface area contributed by atoms with Crippen LogP contribution in [0.15, 0.2) is 46.0 Å². The Morgan fingerprint density at radius 2 is 1.87 bits per heavy atom. The second-order valence-corrected chi connectivity index (χ2v) is 5.20. The Kier molecular flexibility index (Phi) is 4.86. The Labute approximate surface area is 137 Å². The van der Waals surface area contributed by atoms with Gasteiger partial charge >= 0.3 is 5.69 Å². The van der Waals surface area contributed by atoms with Crippen molar-refractivity contribution in [1.29, 1.82) is 0 Å². The zero-order chi connectivity index (χ0) is 17.0. The van der Waals surface area contributed by atoms with Crippen LogP contribution in [0.2, 0.25) is 0 Å². The molecule has 0 atom stereocenters. The van der Waals surface area contributed by atoms with Gasteiger partial charge in [-0.3, -0.25) is 25.7 Å². The second kappa shape index (κ2) is 6.83. The SMILES string of the molecule is O=[N+]([O-])c1ccc(N/N=C\c2cc(Br)ccc2O)c([N+](=O)[O-])c1. The molecule has 0 spiro atoms. The van der Waals surface area contributed by atoms with Crippen LogP contribution >= 0.6 is 15.9 Å². The van der Waals surface area contributed by atoms with Gasteiger partial charge in [-0.15, -0.1) is 0 Å². The van der Waals surface area contributed by atoms with Crippen molar-refractivity contribution in [3.05, 3.63) is 66.7 Å². The smallest absolute Gasteiger partial charge is 0.301 e. The van der Waals surface area contributed by atoms with Crippen molar-refractivity contribution in [1.82, 2.24) is 0 Å². The fourth-order valence-electron chi connectivity index (χ4n) is 1.68. The fraction of sp³-hybridized carbons (Fsp3) is 0. The maximum absolute atomic E-state index is 11.0. The van der Waals surface area contributed by atoms with Crippen molar-refractivity contribution in [3.63, 3.8) is 0 Å². The highest BCUT2D eigenvalue weighted by Gasteiger charge is 2.19. The molecule has 10 heteroatoms. The van der Waals surface area contributed by atoms with Gasteiger partial charge in [-0.1, -0.05) is 15.9 Å². The number of benzene rings is 2. The largest absolute Gasteiger partial charge is 0.507 e. The first-order valence-electron chi connectivity index (χ1n) is 6.09. The number of halogens is 1. The predicted octanol–water partition coefficient (Wildman–Crippen LogP) is 3.42. The van der Waals surface area contributed by atoms with Gasteiger partial charge in [-0.25, -0.2) is 0 Å². The van der Waals surface area contributed by atoms with Gasteiger partial charge in [0.25, 0.3) is 5.69 Å². The number of nitrogens with zero attached hydrogens (tertiary/aromatic N) is 3. The number of phenols is 1. The number of non-ortho nitro benzene ring substituents is 1. The first-order valence-corrected chi connectivity index (χ1v) is 6.88. The molecule has 0 fully saturated rings. The summed E-state index contributed by atoms with van der Waals surface area (Å²) in [5, 5.41) is 35.1. The molecule has 0 aliphatic carbocycles. The molecule has 23 heavy (non-hydrogen) atoms. The number of phenolic OH excluding ortho intramolecular Hbond substituents is 1. The number of hydrazone groups is 1. The van der Waals surface area contributed by atoms with E-state index in [9.17, 15) is 25.3 Å². The van der Waals surface area contributed by atoms with Crippen LogP contribution in [0.1, 0.15) is 5.56 Å². The fourth-order valence-corrected chi connectivity index (χ4v) is 2.06. The van der Waals surface area contributed by atoms with Crippen molar-refractivity contribution >= 4 is 39.2 Å². The van der Waals surface area contributed by atoms with Gasteiger partial charge in [0.2, 0.25) is 0 Å². The highest BCUT2D eigenvalue weighted by Crippen LogP contribution is 2.29. The van der Waals surface area contributed by atoms with Gasteiger partial charge in [-0.05, 0) is 24.3 Å². The number of nitro groups is 2. The summed E-state index contributed by atoms with van der Waals surface area (Å²) < 4.78 is 0.720. The maximum Gasteiger partial charge on any atom is 0.301 e. The topological polar surface area (TPSA) is 131 Å². The summed E-state index contributed by atoms with van der Waals surface area (Å²) in [4.78, 5) is 20.2. The van der Waals surface area contributed by atoms with Crippen LogP contribution in [-0.4, -0.2) is 21.2 Å². The van der Waals surface area contributed by atoms with E-state index < -0.39 is 21.2 Å². The van der Waals surface area contributed by atoms with E-state index in [0.29, 0.717) is 5.56 Å². The number of nitro benzene ring substituents is 2. The Morgan fingerprint density at radius 1 is 1.13 bits per heavy atom. The predicted molar refractivity (Wildman–Crippen MR) is 86.8 cm³/mol. The first kappa shape index (κ1) is 16.4. The van der Waals surface area contributed by atoms with Crippen LogP contribution in [0, 0.1) is 20.2 Å². The molecule has 9 nitrogen and oxygen atoms in total. The van der Waals surface area contributed by atoms with Crippen LogP contribution in [0.5, 0.6) is 5.75 Å². The van der Waals surface area contributed by atoms with Gasteiger partial charge in [0.15, 0.2) is 0 Å². The third-order valence-electron chi connectivity index (χ3n) is 2.77. The number of nitrogens with one attached hydrogen (secondary N) is 1. The third-order valence-corrected chi connectivity index (χ3v) is 3.26. The second-order valence-electron chi connectivity index (χ2n) is 4.29. The van der Waals surface area contributed by atoms with Crippen LogP contribution in [0.3, 0.4) is 0 Å². The quantitative estimate of drug-likeness (QED) is 0.464. The summed E-state index contributed by atoms with van der Waals surface area (Å²) in [5.74, 6) is -0.0167. The lowest BCUT2D eigenvalue weighted by Crippen LogP contribution is -1.98. The molecule has 118 valence electrons. The van der Waals surface area contributed by atoms with E-state index in [1.165, 1.54) is 18.3 Å². The number of hydrogen-bond donors (Lipinski definition) is 2. The Bertz CT molecular complexity index is 809. The zero-order valence-electron chi connectivity index (χ0n) is 11.3. The molecule has 2 aromatic carbocycles. The standard InChI is InChI=1S/C13H9BrN4O5/c14-9-1-4-13(19)8(5-9)7-15-16-11-3-2-10(17(20)21)6-12(11)18(22)23/h1-7,16,19H/b15-7-. The van der Waals surface area contributed by atoms with Gasteiger partial charge in [-0.2, -0.15) is 5.10 Å². The van der Waals surface area contributed by atoms with Crippen LogP contribution in [0.25, 0.3) is 0 Å². The van der Waals surface area contributed by atoms with Crippen molar-refractivity contribution in [2.75, 3.05) is 5.43 Å². The molecular formula is C13H9BrN4O5. The van der Waals surface area contributed by atoms with Crippen molar-refractivity contribution in [2.45, 2.75) is 0 Å². The molecular weight excluding hydrogens is 372 g/mol. The Hall–Kier alpha value is -3.01. The summed E-state index contributed by atoms with van der Waals surface area (Å²) in [6.45, 7) is 0. The molecule has 0 bridgehead atoms. The molecule has 0 saturated carbocycles. The minimum absolute atomic E-state index is 0.00802. The van der Waals surface area contributed by atoms with Crippen molar-refractivity contribution < 1.29 is 15.0 Å². The van der Waals surface area contributed by atoms with Crippen LogP contribution in [-0.2, 0) is 0 Å². The summed E-state index contributed by atoms with van der Waals surface area (Å²) in [5.41, 5.74) is 1.94. The lowest BCUT2D eigenvalue weighted by atomic mass is 10.2.